The number of hydrogen-bond donors (Lipinski definition) is 4. The number of benzene rings is 3. The summed E-state index contributed by atoms with van der Waals surface area (Å²) in [6.45, 7) is 4.04. The summed E-state index contributed by atoms with van der Waals surface area (Å²) in [6.07, 6.45) is 10.2. The summed E-state index contributed by atoms with van der Waals surface area (Å²) < 4.78 is 4.93. The number of aromatic nitrogens is 2. The minimum Gasteiger partial charge on any atom is -0.373 e. The molecule has 0 bridgehead atoms. The van der Waals surface area contributed by atoms with Gasteiger partial charge in [0.2, 0.25) is 0 Å². The van der Waals surface area contributed by atoms with Crippen LogP contribution in [0.4, 0.5) is 5.69 Å². The highest BCUT2D eigenvalue weighted by molar-refractivity contribution is 7.97. The van der Waals surface area contributed by atoms with Crippen molar-refractivity contribution in [3.05, 3.63) is 94.7 Å². The van der Waals surface area contributed by atoms with Crippen LogP contribution in [0.15, 0.2) is 71.6 Å². The number of aryl methyl sites for hydroxylation is 2. The highest BCUT2D eigenvalue weighted by Gasteiger charge is 2.28. The maximum absolute atomic E-state index is 13.0. The van der Waals surface area contributed by atoms with Crippen molar-refractivity contribution in [3.63, 3.8) is 0 Å². The van der Waals surface area contributed by atoms with Crippen molar-refractivity contribution in [2.75, 3.05) is 11.9 Å². The molecule has 0 saturated carbocycles. The molecule has 0 aliphatic heterocycles. The number of hydrogen-bond acceptors (Lipinski definition) is 6. The molecule has 1 aliphatic rings. The van der Waals surface area contributed by atoms with Gasteiger partial charge in [0.25, 0.3) is 5.91 Å². The van der Waals surface area contributed by atoms with Crippen LogP contribution in [-0.4, -0.2) is 27.3 Å². The zero-order valence-corrected chi connectivity index (χ0v) is 23.3. The molecule has 3 aromatic carbocycles. The number of aliphatic hydroxyl groups is 1. The van der Waals surface area contributed by atoms with Crippen LogP contribution in [0, 0.1) is 31.6 Å². The molecule has 5 N–H and O–H groups in total. The first-order valence-corrected chi connectivity index (χ1v) is 13.6. The van der Waals surface area contributed by atoms with Crippen molar-refractivity contribution in [2.45, 2.75) is 37.8 Å². The van der Waals surface area contributed by atoms with Gasteiger partial charge in [-0.1, -0.05) is 30.2 Å². The van der Waals surface area contributed by atoms with Gasteiger partial charge in [-0.25, -0.2) is 9.40 Å². The Labute approximate surface area is 239 Å². The van der Waals surface area contributed by atoms with Gasteiger partial charge in [0.1, 0.15) is 11.9 Å². The number of anilines is 1. The molecule has 1 aromatic heterocycles. The number of aliphatic hydroxyl groups excluding tert-OH is 1. The highest BCUT2D eigenvalue weighted by atomic mass is 32.2. The lowest BCUT2D eigenvalue weighted by Gasteiger charge is -2.20. The normalized spacial score (nSPS) is 12.1. The zero-order chi connectivity index (χ0) is 28.6. The molecule has 4 aromatic rings. The first kappa shape index (κ1) is 28.7. The quantitative estimate of drug-likeness (QED) is 0.112. The van der Waals surface area contributed by atoms with Gasteiger partial charge < -0.3 is 16.2 Å². The predicted molar refractivity (Wildman–Crippen MR) is 162 cm³/mol. The Morgan fingerprint density at radius 3 is 2.55 bits per heavy atom. The Hall–Kier alpha value is -4.31. The summed E-state index contributed by atoms with van der Waals surface area (Å²) in [5, 5.41) is 18.1. The minimum absolute atomic E-state index is 0.160. The third kappa shape index (κ3) is 6.28. The molecule has 40 heavy (non-hydrogen) atoms. The third-order valence-corrected chi connectivity index (χ3v) is 7.19. The van der Waals surface area contributed by atoms with E-state index in [1.807, 2.05) is 78.3 Å². The molecule has 202 valence electrons. The molecule has 1 aliphatic carbocycles. The Kier molecular flexibility index (Phi) is 9.44. The minimum atomic E-state index is -1.19. The van der Waals surface area contributed by atoms with Gasteiger partial charge in [-0.3, -0.25) is 4.79 Å². The monoisotopic (exact) mass is 549 g/mol. The smallest absolute Gasteiger partial charge is 0.255 e. The molecule has 0 saturated heterocycles. The van der Waals surface area contributed by atoms with Crippen molar-refractivity contribution in [3.8, 4) is 41.6 Å². The number of nitrogens with one attached hydrogen (secondary N) is 2. The van der Waals surface area contributed by atoms with E-state index >= 15 is 0 Å². The summed E-state index contributed by atoms with van der Waals surface area (Å²) in [5.41, 5.74) is 13.3. The van der Waals surface area contributed by atoms with Crippen LogP contribution in [0.5, 0.6) is 0 Å². The number of carbonyl (C=O) groups excluding carboxylic acids is 1. The van der Waals surface area contributed by atoms with Gasteiger partial charge in [-0.15, -0.1) is 18.8 Å². The summed E-state index contributed by atoms with van der Waals surface area (Å²) in [7, 11) is 0. The van der Waals surface area contributed by atoms with Crippen molar-refractivity contribution in [1.29, 1.82) is 0 Å². The fraction of sp³-hybridized carbons (Fsp3) is 0.188. The summed E-state index contributed by atoms with van der Waals surface area (Å²) in [4.78, 5) is 14.0. The Morgan fingerprint density at radius 1 is 1.15 bits per heavy atom. The molecule has 1 unspecified atom stereocenters. The average molecular weight is 550 g/mol. The first-order valence-electron chi connectivity index (χ1n) is 12.7. The van der Waals surface area contributed by atoms with E-state index in [4.69, 9.17) is 17.3 Å². The van der Waals surface area contributed by atoms with Gasteiger partial charge >= 0.3 is 0 Å². The first-order chi connectivity index (χ1) is 19.4. The molecule has 1 atom stereocenters. The summed E-state index contributed by atoms with van der Waals surface area (Å²) in [5.74, 6) is 4.64. The van der Waals surface area contributed by atoms with Crippen LogP contribution >= 0.6 is 11.9 Å². The van der Waals surface area contributed by atoms with Crippen molar-refractivity contribution >= 4 is 23.5 Å². The zero-order valence-electron chi connectivity index (χ0n) is 22.4. The van der Waals surface area contributed by atoms with Crippen LogP contribution in [0.25, 0.3) is 16.9 Å². The van der Waals surface area contributed by atoms with Crippen LogP contribution in [0.3, 0.4) is 0 Å². The average Bonchev–Trinajstić information content (AvgIpc) is 3.35. The van der Waals surface area contributed by atoms with Gasteiger partial charge in [-0.05, 0) is 92.2 Å². The molecule has 0 spiro atoms. The highest BCUT2D eigenvalue weighted by Crippen LogP contribution is 2.39. The van der Waals surface area contributed by atoms with Gasteiger partial charge in [0.15, 0.2) is 0 Å². The van der Waals surface area contributed by atoms with E-state index in [2.05, 4.69) is 28.3 Å². The van der Waals surface area contributed by atoms with E-state index in [0.717, 1.165) is 45.0 Å². The predicted octanol–water partition coefficient (Wildman–Crippen LogP) is 5.02. The molecule has 0 radical (unpaired) electrons. The number of amides is 1. The SMILES string of the molecule is C#CC.C#CCNSc1ccc(-n2nc(C(N)O)c3c2-c2cc(NC(=O)c4ccccc4C)ccc2CC3)cc1. The van der Waals surface area contributed by atoms with Gasteiger partial charge in [-0.2, -0.15) is 5.10 Å². The number of nitrogens with zero attached hydrogens (tertiary/aromatic N) is 2. The van der Waals surface area contributed by atoms with E-state index in [9.17, 15) is 9.90 Å². The van der Waals surface area contributed by atoms with Gasteiger partial charge in [0, 0.05) is 27.3 Å². The van der Waals surface area contributed by atoms with Crippen LogP contribution in [-0.2, 0) is 12.8 Å². The largest absolute Gasteiger partial charge is 0.373 e. The molecule has 7 nitrogen and oxygen atoms in total. The Bertz CT molecular complexity index is 1590. The fourth-order valence-electron chi connectivity index (χ4n) is 4.61. The van der Waals surface area contributed by atoms with Crippen LogP contribution in [0.1, 0.15) is 45.9 Å². The lowest BCUT2D eigenvalue weighted by Crippen LogP contribution is -2.15. The molecular weight excluding hydrogens is 518 g/mol. The van der Waals surface area contributed by atoms with E-state index in [1.54, 1.807) is 6.92 Å². The maximum atomic E-state index is 13.0. The fourth-order valence-corrected chi connectivity index (χ4v) is 5.20. The summed E-state index contributed by atoms with van der Waals surface area (Å²) >= 11 is 1.46. The van der Waals surface area contributed by atoms with E-state index < -0.39 is 6.23 Å². The van der Waals surface area contributed by atoms with Crippen molar-refractivity contribution in [1.82, 2.24) is 14.5 Å². The number of terminal acetylenes is 2. The van der Waals surface area contributed by atoms with E-state index in [-0.39, 0.29) is 5.91 Å². The van der Waals surface area contributed by atoms with E-state index in [0.29, 0.717) is 29.9 Å². The number of carbonyl (C=O) groups is 1. The topological polar surface area (TPSA) is 105 Å². The molecule has 5 rings (SSSR count). The molecule has 8 heteroatoms. The van der Waals surface area contributed by atoms with Crippen molar-refractivity contribution in [2.24, 2.45) is 5.73 Å². The lowest BCUT2D eigenvalue weighted by molar-refractivity contribution is 0.102. The third-order valence-electron chi connectivity index (χ3n) is 6.40. The second-order valence-corrected chi connectivity index (χ2v) is 10.1. The molecule has 1 heterocycles. The Morgan fingerprint density at radius 2 is 1.88 bits per heavy atom. The number of rotatable bonds is 7. The number of nitrogens with two attached hydrogens (primary N) is 1. The van der Waals surface area contributed by atoms with Crippen LogP contribution in [0.2, 0.25) is 0 Å². The van der Waals surface area contributed by atoms with Gasteiger partial charge in [0.05, 0.1) is 17.9 Å². The molecular formula is C32H31N5O2S. The van der Waals surface area contributed by atoms with Crippen LogP contribution < -0.4 is 15.8 Å². The summed E-state index contributed by atoms with van der Waals surface area (Å²) in [6, 6.07) is 21.4. The second-order valence-electron chi connectivity index (χ2n) is 9.12. The second kappa shape index (κ2) is 13.2. The standard InChI is InChI=1S/C29H27N5O2S.C3H4/c1-3-16-31-37-22-13-11-21(12-14-22)34-27-24(26(33-34)28(30)35)15-9-19-8-10-20(17-25(19)27)32-29(36)23-7-5-4-6-18(23)2;1-3-2/h1,4-8,10-14,17,28,31,35H,9,15-16,30H2,2H3,(H,32,36);1H,2H3. The maximum Gasteiger partial charge on any atom is 0.255 e. The molecule has 1 amide bonds. The Balaban J connectivity index is 0.00000118. The van der Waals surface area contributed by atoms with Crippen molar-refractivity contribution < 1.29 is 9.90 Å². The lowest BCUT2D eigenvalue weighted by atomic mass is 9.88. The van der Waals surface area contributed by atoms with E-state index in [1.165, 1.54) is 11.9 Å². The number of fused-ring (bicyclic) bond motifs is 3. The molecule has 0 fully saturated rings.